The van der Waals surface area contributed by atoms with Crippen LogP contribution in [0.5, 0.6) is 5.75 Å². The molecule has 0 amide bonds. The first-order chi connectivity index (χ1) is 17.4. The molecule has 0 fully saturated rings. The Hall–Kier alpha value is -4.12. The first kappa shape index (κ1) is 27.5. The van der Waals surface area contributed by atoms with Crippen LogP contribution in [0.4, 0.5) is 0 Å². The Bertz CT molecular complexity index is 1550. The molecule has 0 aliphatic heterocycles. The lowest BCUT2D eigenvalue weighted by Crippen LogP contribution is -2.11. The Balaban J connectivity index is 0.000000220. The van der Waals surface area contributed by atoms with Crippen LogP contribution in [0.2, 0.25) is 5.02 Å². The van der Waals surface area contributed by atoms with Crippen LogP contribution < -0.4 is 9.88 Å². The number of carbonyl (C=O) groups is 2. The van der Waals surface area contributed by atoms with Gasteiger partial charge in [-0.15, -0.1) is 0 Å². The van der Waals surface area contributed by atoms with Gasteiger partial charge in [0.1, 0.15) is 5.75 Å². The number of halogens is 1. The lowest BCUT2D eigenvalue weighted by atomic mass is 9.91. The van der Waals surface area contributed by atoms with Gasteiger partial charge < -0.3 is 19.9 Å². The fourth-order valence-electron chi connectivity index (χ4n) is 3.62. The molecular formula is C26H23ClN2O7S. The zero-order valence-corrected chi connectivity index (χ0v) is 21.3. The maximum atomic E-state index is 11.5. The predicted molar refractivity (Wildman–Crippen MR) is 140 cm³/mol. The van der Waals surface area contributed by atoms with Crippen LogP contribution in [0.3, 0.4) is 0 Å². The van der Waals surface area contributed by atoms with Crippen LogP contribution in [-0.4, -0.2) is 42.7 Å². The maximum Gasteiger partial charge on any atom is 0.336 e. The summed E-state index contributed by atoms with van der Waals surface area (Å²) in [6, 6.07) is 17.7. The Kier molecular flexibility index (Phi) is 8.38. The van der Waals surface area contributed by atoms with Gasteiger partial charge in [-0.3, -0.25) is 0 Å². The number of aromatic amines is 1. The molecular weight excluding hydrogens is 520 g/mol. The Morgan fingerprint density at radius 2 is 1.59 bits per heavy atom. The first-order valence-corrected chi connectivity index (χ1v) is 12.6. The number of aromatic carboxylic acids is 2. The minimum atomic E-state index is -3.60. The van der Waals surface area contributed by atoms with Gasteiger partial charge in [-0.2, -0.15) is 0 Å². The molecule has 0 saturated carbocycles. The van der Waals surface area contributed by atoms with Crippen LogP contribution in [0.15, 0.2) is 77.8 Å². The normalized spacial score (nSPS) is 10.8. The number of hydrogen-bond acceptors (Lipinski definition) is 5. The molecule has 3 aromatic carbocycles. The van der Waals surface area contributed by atoms with E-state index in [0.717, 1.165) is 11.3 Å². The molecule has 5 N–H and O–H groups in total. The van der Waals surface area contributed by atoms with Crippen LogP contribution in [0.25, 0.3) is 22.4 Å². The molecule has 0 atom stereocenters. The molecule has 0 aliphatic rings. The molecule has 11 heteroatoms. The topological polar surface area (TPSA) is 160 Å². The van der Waals surface area contributed by atoms with Crippen molar-refractivity contribution < 1.29 is 33.0 Å². The van der Waals surface area contributed by atoms with E-state index in [4.69, 9.17) is 21.5 Å². The van der Waals surface area contributed by atoms with Crippen LogP contribution in [-0.2, 0) is 10.0 Å². The number of nitrogens with one attached hydrogen (secondary N) is 1. The van der Waals surface area contributed by atoms with Crippen molar-refractivity contribution >= 4 is 33.6 Å². The van der Waals surface area contributed by atoms with Gasteiger partial charge in [0.15, 0.2) is 0 Å². The van der Waals surface area contributed by atoms with Crippen molar-refractivity contribution in [3.05, 3.63) is 94.6 Å². The Labute approximate surface area is 218 Å². The number of H-pyrrole nitrogens is 1. The van der Waals surface area contributed by atoms with E-state index in [1.807, 2.05) is 18.3 Å². The van der Waals surface area contributed by atoms with E-state index < -0.39 is 22.0 Å². The number of primary sulfonamides is 1. The SMILES string of the molecule is COc1ccc(-c2c(C(=O)O)ccc(C)c2C(=O)O)cc1Cl.NS(=O)(=O)c1ccc(-c2ccc[nH]2)cc1. The maximum absolute atomic E-state index is 11.5. The number of benzene rings is 3. The number of ether oxygens (including phenoxy) is 1. The number of carboxylic acid groups (broad SMARTS) is 2. The van der Waals surface area contributed by atoms with Gasteiger partial charge in [0.25, 0.3) is 0 Å². The van der Waals surface area contributed by atoms with E-state index in [-0.39, 0.29) is 26.6 Å². The standard InChI is InChI=1S/C16H13ClO5.C10H10N2O2S/c1-8-3-5-10(15(18)19)14(13(8)16(20)21)9-4-6-12(22-2)11(17)7-9;11-15(13,14)9-5-3-8(4-6-9)10-2-1-7-12-10/h3-7H,1-2H3,(H,18,19)(H,20,21);1-7,12H,(H2,11,13,14). The number of carboxylic acids is 2. The molecule has 9 nitrogen and oxygen atoms in total. The summed E-state index contributed by atoms with van der Waals surface area (Å²) in [6.45, 7) is 1.61. The monoisotopic (exact) mass is 542 g/mol. The molecule has 4 aromatic rings. The smallest absolute Gasteiger partial charge is 0.336 e. The highest BCUT2D eigenvalue weighted by molar-refractivity contribution is 7.89. The van der Waals surface area contributed by atoms with E-state index in [9.17, 15) is 28.2 Å². The van der Waals surface area contributed by atoms with Crippen molar-refractivity contribution in [3.8, 4) is 28.1 Å². The molecule has 4 rings (SSSR count). The van der Waals surface area contributed by atoms with E-state index in [2.05, 4.69) is 4.98 Å². The van der Waals surface area contributed by atoms with Gasteiger partial charge in [0, 0.05) is 17.5 Å². The molecule has 0 bridgehead atoms. The second-order valence-corrected chi connectivity index (χ2v) is 9.76. The van der Waals surface area contributed by atoms with Gasteiger partial charge in [-0.25, -0.2) is 23.1 Å². The molecule has 0 unspecified atom stereocenters. The van der Waals surface area contributed by atoms with E-state index in [1.54, 1.807) is 31.2 Å². The average molecular weight is 543 g/mol. The third-order valence-corrected chi connectivity index (χ3v) is 6.61. The quantitative estimate of drug-likeness (QED) is 0.265. The molecule has 1 heterocycles. The number of rotatable bonds is 6. The third kappa shape index (κ3) is 6.36. The molecule has 37 heavy (non-hydrogen) atoms. The van der Waals surface area contributed by atoms with E-state index in [0.29, 0.717) is 16.9 Å². The number of hydrogen-bond donors (Lipinski definition) is 4. The highest BCUT2D eigenvalue weighted by atomic mass is 35.5. The summed E-state index contributed by atoms with van der Waals surface area (Å²) in [6.07, 6.45) is 1.81. The fourth-order valence-corrected chi connectivity index (χ4v) is 4.39. The summed E-state index contributed by atoms with van der Waals surface area (Å²) >= 11 is 6.06. The summed E-state index contributed by atoms with van der Waals surface area (Å²) in [5, 5.41) is 24.0. The zero-order chi connectivity index (χ0) is 27.3. The van der Waals surface area contributed by atoms with Crippen molar-refractivity contribution in [3.63, 3.8) is 0 Å². The van der Waals surface area contributed by atoms with Gasteiger partial charge in [0.05, 0.1) is 28.2 Å². The molecule has 0 saturated heterocycles. The highest BCUT2D eigenvalue weighted by Crippen LogP contribution is 2.35. The van der Waals surface area contributed by atoms with Crippen LogP contribution in [0, 0.1) is 6.92 Å². The molecule has 0 aliphatic carbocycles. The van der Waals surface area contributed by atoms with Crippen molar-refractivity contribution in [1.82, 2.24) is 4.98 Å². The molecule has 192 valence electrons. The largest absolute Gasteiger partial charge is 0.495 e. The van der Waals surface area contributed by atoms with Crippen molar-refractivity contribution in [2.75, 3.05) is 7.11 Å². The molecule has 1 aromatic heterocycles. The number of methoxy groups -OCH3 is 1. The minimum Gasteiger partial charge on any atom is -0.495 e. The first-order valence-electron chi connectivity index (χ1n) is 10.6. The Morgan fingerprint density at radius 3 is 2.08 bits per heavy atom. The zero-order valence-electron chi connectivity index (χ0n) is 19.7. The number of aryl methyl sites for hydroxylation is 1. The summed E-state index contributed by atoms with van der Waals surface area (Å²) < 4.78 is 27.1. The van der Waals surface area contributed by atoms with Gasteiger partial charge in [-0.05, 0) is 66.1 Å². The van der Waals surface area contributed by atoms with Gasteiger partial charge >= 0.3 is 11.9 Å². The van der Waals surface area contributed by atoms with Crippen molar-refractivity contribution in [2.24, 2.45) is 5.14 Å². The van der Waals surface area contributed by atoms with Crippen LogP contribution in [0.1, 0.15) is 26.3 Å². The number of nitrogens with two attached hydrogens (primary N) is 1. The van der Waals surface area contributed by atoms with Crippen LogP contribution >= 0.6 is 11.6 Å². The third-order valence-electron chi connectivity index (χ3n) is 5.39. The summed E-state index contributed by atoms with van der Waals surface area (Å²) in [5.41, 5.74) is 2.72. The molecule has 0 radical (unpaired) electrons. The average Bonchev–Trinajstić information content (AvgIpc) is 3.38. The second kappa shape index (κ2) is 11.3. The van der Waals surface area contributed by atoms with E-state index >= 15 is 0 Å². The fraction of sp³-hybridized carbons (Fsp3) is 0.0769. The highest BCUT2D eigenvalue weighted by Gasteiger charge is 2.22. The number of aromatic nitrogens is 1. The van der Waals surface area contributed by atoms with E-state index in [1.165, 1.54) is 37.4 Å². The predicted octanol–water partition coefficient (Wildman–Crippen LogP) is 5.05. The van der Waals surface area contributed by atoms with Crippen molar-refractivity contribution in [2.45, 2.75) is 11.8 Å². The summed E-state index contributed by atoms with van der Waals surface area (Å²) in [5.74, 6) is -1.97. The lowest BCUT2D eigenvalue weighted by molar-refractivity contribution is 0.0695. The molecule has 0 spiro atoms. The minimum absolute atomic E-state index is 0.0545. The summed E-state index contributed by atoms with van der Waals surface area (Å²) in [7, 11) is -2.14. The van der Waals surface area contributed by atoms with Gasteiger partial charge in [0.2, 0.25) is 10.0 Å². The summed E-state index contributed by atoms with van der Waals surface area (Å²) in [4.78, 5) is 26.1. The second-order valence-electron chi connectivity index (χ2n) is 7.79. The van der Waals surface area contributed by atoms with Crippen molar-refractivity contribution in [1.29, 1.82) is 0 Å². The lowest BCUT2D eigenvalue weighted by Gasteiger charge is -2.14. The number of sulfonamides is 1. The van der Waals surface area contributed by atoms with Gasteiger partial charge in [-0.1, -0.05) is 35.9 Å². The Morgan fingerprint density at radius 1 is 0.946 bits per heavy atom.